The first-order valence-corrected chi connectivity index (χ1v) is 13.8. The molecule has 1 atom stereocenters. The number of sulfonamides is 1. The Morgan fingerprint density at radius 2 is 1.90 bits per heavy atom. The second kappa shape index (κ2) is 11.3. The fourth-order valence-electron chi connectivity index (χ4n) is 4.55. The summed E-state index contributed by atoms with van der Waals surface area (Å²) < 4.78 is 85.5. The second-order valence-corrected chi connectivity index (χ2v) is 11.0. The summed E-state index contributed by atoms with van der Waals surface area (Å²) in [4.78, 5) is -0.963. The fraction of sp³-hybridized carbons (Fsp3) is 0.259. The van der Waals surface area contributed by atoms with Crippen molar-refractivity contribution in [1.29, 1.82) is 0 Å². The second-order valence-electron chi connectivity index (χ2n) is 9.14. The smallest absolute Gasteiger partial charge is 0.269 e. The van der Waals surface area contributed by atoms with E-state index in [2.05, 4.69) is 5.10 Å². The standard InChI is InChI=1S/C27H26F3N4O5S/c1-38-17-34(40(36,37)24-15-19(28)8-9-22(24)29)23-6-4-5-20(26(23)30)27-21(18-10-12-32(35)13-11-18)16-33(31-27)25-7-2-3-14-39-25/h4-6,8-13,15-16,25,35H,2-3,7,14,17H2,1H3/q+1. The minimum absolute atomic E-state index is 0.0428. The number of anilines is 1. The van der Waals surface area contributed by atoms with Crippen LogP contribution in [-0.4, -0.2) is 43.9 Å². The number of aromatic nitrogens is 3. The highest BCUT2D eigenvalue weighted by Crippen LogP contribution is 2.38. The number of halogens is 3. The van der Waals surface area contributed by atoms with Crippen molar-refractivity contribution in [2.24, 2.45) is 0 Å². The van der Waals surface area contributed by atoms with Crippen molar-refractivity contribution in [2.45, 2.75) is 30.4 Å². The van der Waals surface area contributed by atoms with Crippen LogP contribution in [0.3, 0.4) is 0 Å². The lowest BCUT2D eigenvalue weighted by atomic mass is 10.0. The number of ether oxygens (including phenoxy) is 2. The summed E-state index contributed by atoms with van der Waals surface area (Å²) in [5.41, 5.74) is 0.812. The summed E-state index contributed by atoms with van der Waals surface area (Å²) >= 11 is 0. The molecule has 1 N–H and O–H groups in total. The molecular weight excluding hydrogens is 549 g/mol. The molecule has 0 amide bonds. The van der Waals surface area contributed by atoms with Gasteiger partial charge >= 0.3 is 0 Å². The first-order chi connectivity index (χ1) is 19.2. The number of nitrogens with zero attached hydrogens (tertiary/aromatic N) is 4. The zero-order chi connectivity index (χ0) is 28.4. The maximum atomic E-state index is 16.3. The van der Waals surface area contributed by atoms with Crippen LogP contribution in [0.4, 0.5) is 18.9 Å². The van der Waals surface area contributed by atoms with Gasteiger partial charge in [0.1, 0.15) is 35.2 Å². The highest BCUT2D eigenvalue weighted by atomic mass is 32.2. The van der Waals surface area contributed by atoms with E-state index in [9.17, 15) is 22.4 Å². The van der Waals surface area contributed by atoms with Gasteiger partial charge in [-0.05, 0) is 55.2 Å². The third-order valence-electron chi connectivity index (χ3n) is 6.52. The lowest BCUT2D eigenvalue weighted by Crippen LogP contribution is -2.34. The normalized spacial score (nSPS) is 15.8. The van der Waals surface area contributed by atoms with Crippen molar-refractivity contribution in [3.63, 3.8) is 0 Å². The molecule has 1 unspecified atom stereocenters. The predicted molar refractivity (Wildman–Crippen MR) is 137 cm³/mol. The van der Waals surface area contributed by atoms with Crippen LogP contribution in [0, 0.1) is 17.5 Å². The van der Waals surface area contributed by atoms with Gasteiger partial charge in [-0.1, -0.05) is 6.07 Å². The molecule has 1 fully saturated rings. The Kier molecular flexibility index (Phi) is 7.79. The van der Waals surface area contributed by atoms with Crippen LogP contribution >= 0.6 is 0 Å². The molecule has 1 aliphatic rings. The molecule has 13 heteroatoms. The number of hydrogen-bond acceptors (Lipinski definition) is 6. The van der Waals surface area contributed by atoms with Crippen LogP contribution in [0.15, 0.2) is 72.0 Å². The monoisotopic (exact) mass is 575 g/mol. The number of methoxy groups -OCH3 is 1. The van der Waals surface area contributed by atoms with E-state index in [-0.39, 0.29) is 17.5 Å². The van der Waals surface area contributed by atoms with Gasteiger partial charge < -0.3 is 9.47 Å². The Morgan fingerprint density at radius 3 is 2.60 bits per heavy atom. The molecule has 2 aromatic carbocycles. The molecule has 0 bridgehead atoms. The van der Waals surface area contributed by atoms with Crippen LogP contribution in [0.2, 0.25) is 0 Å². The highest BCUT2D eigenvalue weighted by Gasteiger charge is 2.32. The highest BCUT2D eigenvalue weighted by molar-refractivity contribution is 7.92. The Labute approximate surface area is 228 Å². The van der Waals surface area contributed by atoms with E-state index in [0.717, 1.165) is 23.6 Å². The largest absolute Gasteiger partial charge is 0.363 e. The van der Waals surface area contributed by atoms with Crippen molar-refractivity contribution in [3.05, 3.63) is 84.6 Å². The van der Waals surface area contributed by atoms with Gasteiger partial charge in [0.05, 0.1) is 5.69 Å². The summed E-state index contributed by atoms with van der Waals surface area (Å²) in [7, 11) is -3.60. The van der Waals surface area contributed by atoms with E-state index in [4.69, 9.17) is 9.47 Å². The minimum atomic E-state index is -4.79. The molecule has 1 aliphatic heterocycles. The zero-order valence-electron chi connectivity index (χ0n) is 21.4. The summed E-state index contributed by atoms with van der Waals surface area (Å²) in [5.74, 6) is -3.14. The average Bonchev–Trinajstić information content (AvgIpc) is 3.39. The number of pyridine rings is 1. The molecule has 5 rings (SSSR count). The third-order valence-corrected chi connectivity index (χ3v) is 8.27. The quantitative estimate of drug-likeness (QED) is 0.187. The van der Waals surface area contributed by atoms with Crippen molar-refractivity contribution < 1.29 is 41.0 Å². The summed E-state index contributed by atoms with van der Waals surface area (Å²) in [5, 5.41) is 14.3. The summed E-state index contributed by atoms with van der Waals surface area (Å²) in [6.07, 6.45) is 6.68. The van der Waals surface area contributed by atoms with E-state index in [1.165, 1.54) is 37.7 Å². The Bertz CT molecular complexity index is 1620. The van der Waals surface area contributed by atoms with E-state index in [1.54, 1.807) is 23.0 Å². The van der Waals surface area contributed by atoms with Crippen LogP contribution in [-0.2, 0) is 19.5 Å². The minimum Gasteiger partial charge on any atom is -0.363 e. The van der Waals surface area contributed by atoms with Crippen molar-refractivity contribution >= 4 is 15.7 Å². The lowest BCUT2D eigenvalue weighted by Gasteiger charge is -2.25. The first-order valence-electron chi connectivity index (χ1n) is 12.4. The molecule has 1 saturated heterocycles. The molecule has 4 aromatic rings. The fourth-order valence-corrected chi connectivity index (χ4v) is 6.01. The number of benzene rings is 2. The molecule has 0 saturated carbocycles. The van der Waals surface area contributed by atoms with E-state index >= 15 is 4.39 Å². The summed E-state index contributed by atoms with van der Waals surface area (Å²) in [6, 6.07) is 9.29. The Balaban J connectivity index is 1.66. The maximum Gasteiger partial charge on any atom is 0.269 e. The molecular formula is C27H26F3N4O5S+. The van der Waals surface area contributed by atoms with E-state index < -0.39 is 44.8 Å². The van der Waals surface area contributed by atoms with Gasteiger partial charge in [-0.25, -0.2) is 30.6 Å². The zero-order valence-corrected chi connectivity index (χ0v) is 22.2. The Morgan fingerprint density at radius 1 is 1.12 bits per heavy atom. The third kappa shape index (κ3) is 5.27. The van der Waals surface area contributed by atoms with E-state index in [1.807, 2.05) is 0 Å². The van der Waals surface area contributed by atoms with Gasteiger partial charge in [-0.3, -0.25) is 5.21 Å². The topological polar surface area (TPSA) is 97.8 Å². The number of hydrogen-bond donors (Lipinski definition) is 1. The molecule has 9 nitrogen and oxygen atoms in total. The Hall–Kier alpha value is -3.94. The molecule has 2 aromatic heterocycles. The predicted octanol–water partition coefficient (Wildman–Crippen LogP) is 4.66. The van der Waals surface area contributed by atoms with Gasteiger partial charge in [-0.15, -0.1) is 0 Å². The van der Waals surface area contributed by atoms with Gasteiger partial charge in [0, 0.05) is 47.9 Å². The molecule has 210 valence electrons. The van der Waals surface area contributed by atoms with Crippen LogP contribution < -0.4 is 9.04 Å². The molecule has 0 spiro atoms. The van der Waals surface area contributed by atoms with Crippen molar-refractivity contribution in [1.82, 2.24) is 9.78 Å². The van der Waals surface area contributed by atoms with Crippen molar-refractivity contribution in [2.75, 3.05) is 24.8 Å². The molecule has 40 heavy (non-hydrogen) atoms. The molecule has 3 heterocycles. The van der Waals surface area contributed by atoms with E-state index in [0.29, 0.717) is 40.6 Å². The summed E-state index contributed by atoms with van der Waals surface area (Å²) in [6.45, 7) is -0.125. The SMILES string of the molecule is COCN(c1cccc(-c2nn(C3CCCCO3)cc2-c2cc[n+](O)cc2)c1F)S(=O)(=O)c1cc(F)ccc1F. The van der Waals surface area contributed by atoms with Crippen LogP contribution in [0.25, 0.3) is 22.4 Å². The first kappa shape index (κ1) is 27.6. The van der Waals surface area contributed by atoms with Gasteiger partial charge in [0.2, 0.25) is 12.4 Å². The van der Waals surface area contributed by atoms with Crippen LogP contribution in [0.5, 0.6) is 0 Å². The van der Waals surface area contributed by atoms with Gasteiger partial charge in [0.15, 0.2) is 5.82 Å². The van der Waals surface area contributed by atoms with Crippen LogP contribution in [0.1, 0.15) is 25.5 Å². The molecule has 0 aliphatic carbocycles. The van der Waals surface area contributed by atoms with Gasteiger partial charge in [-0.2, -0.15) is 5.10 Å². The number of rotatable bonds is 8. The van der Waals surface area contributed by atoms with Crippen molar-refractivity contribution in [3.8, 4) is 22.4 Å². The van der Waals surface area contributed by atoms with Gasteiger partial charge in [0.25, 0.3) is 10.0 Å². The average molecular weight is 576 g/mol. The molecule has 0 radical (unpaired) electrons. The lowest BCUT2D eigenvalue weighted by molar-refractivity contribution is -0.904. The maximum absolute atomic E-state index is 16.3.